The lowest BCUT2D eigenvalue weighted by Crippen LogP contribution is -2.39. The van der Waals surface area contributed by atoms with Crippen LogP contribution in [-0.4, -0.2) is 12.7 Å². The third kappa shape index (κ3) is 4.69. The van der Waals surface area contributed by atoms with Crippen LogP contribution >= 0.6 is 0 Å². The molecule has 3 fully saturated rings. The standard InChI is InChI=1S/C25H39FO/c1-19-3-7-22(27-18-19)8-5-20-4-6-21(23(26)17-20)9-10-25-14-11-24(2,12-15-25)13-16-25/h3,20,22H,4-18H2,1-2H3. The molecule has 0 aromatic heterocycles. The van der Waals surface area contributed by atoms with Crippen LogP contribution in [0.25, 0.3) is 0 Å². The Labute approximate surface area is 165 Å². The largest absolute Gasteiger partial charge is 0.374 e. The van der Waals surface area contributed by atoms with E-state index >= 15 is 0 Å². The van der Waals surface area contributed by atoms with Crippen LogP contribution in [0.5, 0.6) is 0 Å². The summed E-state index contributed by atoms with van der Waals surface area (Å²) in [5.74, 6) is 0.784. The third-order valence-corrected chi connectivity index (χ3v) is 8.61. The van der Waals surface area contributed by atoms with Crippen molar-refractivity contribution in [2.75, 3.05) is 6.61 Å². The van der Waals surface area contributed by atoms with Crippen molar-refractivity contribution in [2.24, 2.45) is 16.7 Å². The van der Waals surface area contributed by atoms with Gasteiger partial charge in [-0.1, -0.05) is 18.6 Å². The highest BCUT2D eigenvalue weighted by atomic mass is 19.1. The SMILES string of the molecule is CC1=CCC(CCC2CCC(CCC34CCC(C)(CC3)CC4)=C(F)C2)OC1. The van der Waals surface area contributed by atoms with Gasteiger partial charge >= 0.3 is 0 Å². The van der Waals surface area contributed by atoms with Crippen molar-refractivity contribution in [1.82, 2.24) is 0 Å². The van der Waals surface area contributed by atoms with Crippen LogP contribution in [0.2, 0.25) is 0 Å². The second-order valence-electron chi connectivity index (χ2n) is 10.7. The van der Waals surface area contributed by atoms with Crippen LogP contribution in [0.4, 0.5) is 4.39 Å². The first kappa shape index (κ1) is 19.7. The van der Waals surface area contributed by atoms with Gasteiger partial charge in [0.2, 0.25) is 0 Å². The molecular weight excluding hydrogens is 335 g/mol. The number of fused-ring (bicyclic) bond motifs is 3. The Morgan fingerprint density at radius 1 is 1.11 bits per heavy atom. The zero-order valence-corrected chi connectivity index (χ0v) is 17.6. The molecule has 2 bridgehead atoms. The number of hydrogen-bond donors (Lipinski definition) is 0. The number of halogens is 1. The van der Waals surface area contributed by atoms with Gasteiger partial charge in [-0.2, -0.15) is 0 Å². The molecule has 0 aromatic carbocycles. The fourth-order valence-electron chi connectivity index (χ4n) is 6.09. The van der Waals surface area contributed by atoms with E-state index < -0.39 is 0 Å². The first-order valence-electron chi connectivity index (χ1n) is 11.6. The summed E-state index contributed by atoms with van der Waals surface area (Å²) in [6.07, 6.45) is 19.6. The summed E-state index contributed by atoms with van der Waals surface area (Å²) in [5, 5.41) is 0. The molecule has 0 radical (unpaired) electrons. The summed E-state index contributed by atoms with van der Waals surface area (Å²) in [4.78, 5) is 0. The summed E-state index contributed by atoms with van der Waals surface area (Å²) >= 11 is 0. The van der Waals surface area contributed by atoms with Crippen LogP contribution in [0.3, 0.4) is 0 Å². The van der Waals surface area contributed by atoms with Crippen LogP contribution in [0, 0.1) is 16.7 Å². The lowest BCUT2D eigenvalue weighted by atomic mass is 9.53. The molecule has 2 heteroatoms. The van der Waals surface area contributed by atoms with E-state index in [1.165, 1.54) is 62.5 Å². The molecule has 0 saturated heterocycles. The summed E-state index contributed by atoms with van der Waals surface area (Å²) < 4.78 is 20.7. The van der Waals surface area contributed by atoms with Gasteiger partial charge < -0.3 is 4.74 Å². The zero-order valence-electron chi connectivity index (χ0n) is 17.6. The molecule has 2 unspecified atom stereocenters. The Kier molecular flexibility index (Phi) is 5.84. The smallest absolute Gasteiger partial charge is 0.0994 e. The highest BCUT2D eigenvalue weighted by molar-refractivity contribution is 5.13. The van der Waals surface area contributed by atoms with E-state index in [-0.39, 0.29) is 5.83 Å². The van der Waals surface area contributed by atoms with Crippen molar-refractivity contribution in [3.05, 3.63) is 23.0 Å². The predicted octanol–water partition coefficient (Wildman–Crippen LogP) is 7.67. The van der Waals surface area contributed by atoms with Crippen molar-refractivity contribution in [1.29, 1.82) is 0 Å². The second-order valence-corrected chi connectivity index (χ2v) is 10.7. The Bertz CT molecular complexity index is 577. The quantitative estimate of drug-likeness (QED) is 0.433. The van der Waals surface area contributed by atoms with Gasteiger partial charge in [0.05, 0.1) is 18.5 Å². The first-order chi connectivity index (χ1) is 13.0. The number of allylic oxidation sites excluding steroid dienone is 2. The van der Waals surface area contributed by atoms with Crippen LogP contribution in [0.15, 0.2) is 23.0 Å². The van der Waals surface area contributed by atoms with E-state index in [0.29, 0.717) is 29.3 Å². The minimum atomic E-state index is 0.249. The molecular formula is C25H39FO. The molecule has 152 valence electrons. The molecule has 3 saturated carbocycles. The fraction of sp³-hybridized carbons (Fsp3) is 0.840. The second kappa shape index (κ2) is 8.01. The molecule has 0 amide bonds. The average Bonchev–Trinajstić information content (AvgIpc) is 2.68. The average molecular weight is 375 g/mol. The van der Waals surface area contributed by atoms with E-state index in [0.717, 1.165) is 38.7 Å². The van der Waals surface area contributed by atoms with Gasteiger partial charge in [0.25, 0.3) is 0 Å². The van der Waals surface area contributed by atoms with Gasteiger partial charge in [-0.15, -0.1) is 0 Å². The highest BCUT2D eigenvalue weighted by Gasteiger charge is 2.45. The Morgan fingerprint density at radius 3 is 2.48 bits per heavy atom. The number of hydrogen-bond acceptors (Lipinski definition) is 1. The molecule has 0 spiro atoms. The molecule has 0 N–H and O–H groups in total. The zero-order chi connectivity index (χ0) is 18.9. The monoisotopic (exact) mass is 374 g/mol. The Balaban J connectivity index is 1.23. The third-order valence-electron chi connectivity index (χ3n) is 8.61. The van der Waals surface area contributed by atoms with Crippen molar-refractivity contribution in [3.63, 3.8) is 0 Å². The highest BCUT2D eigenvalue weighted by Crippen LogP contribution is 2.58. The van der Waals surface area contributed by atoms with Gasteiger partial charge in [-0.25, -0.2) is 4.39 Å². The van der Waals surface area contributed by atoms with Crippen LogP contribution in [0.1, 0.15) is 104 Å². The molecule has 1 aliphatic heterocycles. The lowest BCUT2D eigenvalue weighted by molar-refractivity contribution is -0.00259. The summed E-state index contributed by atoms with van der Waals surface area (Å²) in [7, 11) is 0. The van der Waals surface area contributed by atoms with Gasteiger partial charge in [0, 0.05) is 6.42 Å². The lowest BCUT2D eigenvalue weighted by Gasteiger charge is -2.52. The number of rotatable bonds is 6. The molecule has 1 nitrogen and oxygen atoms in total. The van der Waals surface area contributed by atoms with E-state index in [4.69, 9.17) is 4.74 Å². The summed E-state index contributed by atoms with van der Waals surface area (Å²) in [6, 6.07) is 0. The number of ether oxygens (including phenoxy) is 1. The molecule has 1 heterocycles. The maximum Gasteiger partial charge on any atom is 0.0994 e. The topological polar surface area (TPSA) is 9.23 Å². The van der Waals surface area contributed by atoms with E-state index in [2.05, 4.69) is 19.9 Å². The minimum absolute atomic E-state index is 0.249. The van der Waals surface area contributed by atoms with Gasteiger partial charge in [0.1, 0.15) is 0 Å². The maximum atomic E-state index is 14.8. The molecule has 0 aromatic rings. The van der Waals surface area contributed by atoms with Crippen LogP contribution in [-0.2, 0) is 4.74 Å². The first-order valence-corrected chi connectivity index (χ1v) is 11.6. The Hall–Kier alpha value is -0.630. The van der Waals surface area contributed by atoms with Gasteiger partial charge in [0.15, 0.2) is 0 Å². The molecule has 2 atom stereocenters. The summed E-state index contributed by atoms with van der Waals surface area (Å²) in [5.41, 5.74) is 3.72. The van der Waals surface area contributed by atoms with E-state index in [1.54, 1.807) is 0 Å². The fourth-order valence-corrected chi connectivity index (χ4v) is 6.09. The van der Waals surface area contributed by atoms with E-state index in [9.17, 15) is 4.39 Å². The molecule has 5 aliphatic rings. The maximum absolute atomic E-state index is 14.8. The van der Waals surface area contributed by atoms with Crippen molar-refractivity contribution >= 4 is 0 Å². The Morgan fingerprint density at radius 2 is 1.85 bits per heavy atom. The van der Waals surface area contributed by atoms with Crippen LogP contribution < -0.4 is 0 Å². The van der Waals surface area contributed by atoms with Gasteiger partial charge in [-0.05, 0) is 113 Å². The van der Waals surface area contributed by atoms with Crippen molar-refractivity contribution in [3.8, 4) is 0 Å². The normalized spacial score (nSPS) is 39.6. The van der Waals surface area contributed by atoms with Crippen molar-refractivity contribution in [2.45, 2.75) is 110 Å². The molecule has 5 rings (SSSR count). The van der Waals surface area contributed by atoms with E-state index in [1.807, 2.05) is 0 Å². The molecule has 27 heavy (non-hydrogen) atoms. The van der Waals surface area contributed by atoms with Crippen molar-refractivity contribution < 1.29 is 9.13 Å². The predicted molar refractivity (Wildman–Crippen MR) is 110 cm³/mol. The summed E-state index contributed by atoms with van der Waals surface area (Å²) in [6.45, 7) is 5.40. The minimum Gasteiger partial charge on any atom is -0.374 e. The van der Waals surface area contributed by atoms with Gasteiger partial charge in [-0.3, -0.25) is 0 Å². The molecule has 4 aliphatic carbocycles.